The monoisotopic (exact) mass is 321 g/mol. The maximum absolute atomic E-state index is 11.8. The normalized spacial score (nSPS) is 14.4. The SMILES string of the molecule is CCC(C)C(O)CNC(=O)/C=C/c1c(Cl)nc2ccccn12. The first-order chi connectivity index (χ1) is 10.5. The summed E-state index contributed by atoms with van der Waals surface area (Å²) in [5.41, 5.74) is 1.37. The zero-order chi connectivity index (χ0) is 16.1. The molecule has 2 aromatic rings. The number of pyridine rings is 1. The maximum Gasteiger partial charge on any atom is 0.244 e. The summed E-state index contributed by atoms with van der Waals surface area (Å²) in [6, 6.07) is 5.58. The Morgan fingerprint density at radius 3 is 3.05 bits per heavy atom. The van der Waals surface area contributed by atoms with Gasteiger partial charge >= 0.3 is 0 Å². The smallest absolute Gasteiger partial charge is 0.244 e. The van der Waals surface area contributed by atoms with E-state index in [1.165, 1.54) is 6.08 Å². The molecule has 2 N–H and O–H groups in total. The van der Waals surface area contributed by atoms with E-state index in [1.54, 1.807) is 10.5 Å². The van der Waals surface area contributed by atoms with E-state index in [9.17, 15) is 9.90 Å². The van der Waals surface area contributed by atoms with E-state index in [-0.39, 0.29) is 18.4 Å². The molecule has 0 saturated carbocycles. The Balaban J connectivity index is 2.01. The van der Waals surface area contributed by atoms with Gasteiger partial charge in [-0.2, -0.15) is 0 Å². The van der Waals surface area contributed by atoms with Crippen LogP contribution in [0.4, 0.5) is 0 Å². The molecule has 22 heavy (non-hydrogen) atoms. The van der Waals surface area contributed by atoms with E-state index in [4.69, 9.17) is 11.6 Å². The second kappa shape index (κ2) is 7.42. The number of nitrogens with one attached hydrogen (secondary N) is 1. The Hall–Kier alpha value is -1.85. The van der Waals surface area contributed by atoms with Crippen molar-refractivity contribution in [3.8, 4) is 0 Å². The molecule has 0 fully saturated rings. The number of carbonyl (C=O) groups is 1. The third-order valence-corrected chi connectivity index (χ3v) is 3.98. The number of rotatable bonds is 6. The fourth-order valence-corrected chi connectivity index (χ4v) is 2.27. The van der Waals surface area contributed by atoms with Gasteiger partial charge in [-0.05, 0) is 24.1 Å². The van der Waals surface area contributed by atoms with E-state index in [0.29, 0.717) is 10.8 Å². The summed E-state index contributed by atoms with van der Waals surface area (Å²) in [4.78, 5) is 16.0. The van der Waals surface area contributed by atoms with Crippen LogP contribution in [0.25, 0.3) is 11.7 Å². The fourth-order valence-electron chi connectivity index (χ4n) is 2.03. The molecule has 2 unspecified atom stereocenters. The average molecular weight is 322 g/mol. The molecule has 1 amide bonds. The lowest BCUT2D eigenvalue weighted by Crippen LogP contribution is -2.34. The predicted molar refractivity (Wildman–Crippen MR) is 87.7 cm³/mol. The summed E-state index contributed by atoms with van der Waals surface area (Å²) in [6.07, 6.45) is 5.17. The Morgan fingerprint density at radius 1 is 1.55 bits per heavy atom. The number of aliphatic hydroxyl groups is 1. The molecule has 5 nitrogen and oxygen atoms in total. The molecule has 0 radical (unpaired) electrons. The van der Waals surface area contributed by atoms with Crippen LogP contribution in [-0.4, -0.2) is 33.0 Å². The van der Waals surface area contributed by atoms with Crippen molar-refractivity contribution in [1.29, 1.82) is 0 Å². The number of imidazole rings is 1. The summed E-state index contributed by atoms with van der Waals surface area (Å²) < 4.78 is 1.81. The lowest BCUT2D eigenvalue weighted by molar-refractivity contribution is -0.117. The molecule has 2 aromatic heterocycles. The molecule has 0 aliphatic carbocycles. The van der Waals surface area contributed by atoms with Crippen LogP contribution in [0.15, 0.2) is 30.5 Å². The molecule has 6 heteroatoms. The Kier molecular flexibility index (Phi) is 5.57. The van der Waals surface area contributed by atoms with Crippen LogP contribution in [0.2, 0.25) is 5.15 Å². The third kappa shape index (κ3) is 3.87. The highest BCUT2D eigenvalue weighted by atomic mass is 35.5. The van der Waals surface area contributed by atoms with E-state index >= 15 is 0 Å². The van der Waals surface area contributed by atoms with E-state index in [1.807, 2.05) is 38.2 Å². The summed E-state index contributed by atoms with van der Waals surface area (Å²) in [6.45, 7) is 4.19. The van der Waals surface area contributed by atoms with Crippen LogP contribution in [-0.2, 0) is 4.79 Å². The van der Waals surface area contributed by atoms with Crippen molar-refractivity contribution in [2.75, 3.05) is 6.54 Å². The summed E-state index contributed by atoms with van der Waals surface area (Å²) in [7, 11) is 0. The molecule has 0 aliphatic rings. The number of hydrogen-bond acceptors (Lipinski definition) is 3. The van der Waals surface area contributed by atoms with Crippen molar-refractivity contribution < 1.29 is 9.90 Å². The van der Waals surface area contributed by atoms with Gasteiger partial charge < -0.3 is 10.4 Å². The summed E-state index contributed by atoms with van der Waals surface area (Å²) in [5.74, 6) is -0.123. The Bertz CT molecular complexity index is 681. The Morgan fingerprint density at radius 2 is 2.32 bits per heavy atom. The molecule has 0 aromatic carbocycles. The zero-order valence-electron chi connectivity index (χ0n) is 12.7. The molecule has 0 bridgehead atoms. The van der Waals surface area contributed by atoms with E-state index in [0.717, 1.165) is 12.1 Å². The van der Waals surface area contributed by atoms with Gasteiger partial charge in [0.05, 0.1) is 11.8 Å². The first-order valence-corrected chi connectivity index (χ1v) is 7.67. The minimum Gasteiger partial charge on any atom is -0.391 e. The molecular formula is C16H20ClN3O2. The van der Waals surface area contributed by atoms with Crippen LogP contribution >= 0.6 is 11.6 Å². The number of hydrogen-bond donors (Lipinski definition) is 2. The lowest BCUT2D eigenvalue weighted by atomic mass is 10.0. The lowest BCUT2D eigenvalue weighted by Gasteiger charge is -2.16. The van der Waals surface area contributed by atoms with Crippen LogP contribution in [0.5, 0.6) is 0 Å². The van der Waals surface area contributed by atoms with Crippen molar-refractivity contribution in [1.82, 2.24) is 14.7 Å². The van der Waals surface area contributed by atoms with E-state index in [2.05, 4.69) is 10.3 Å². The molecule has 2 heterocycles. The summed E-state index contributed by atoms with van der Waals surface area (Å²) >= 11 is 6.08. The number of halogens is 1. The molecule has 0 saturated heterocycles. The number of fused-ring (bicyclic) bond motifs is 1. The van der Waals surface area contributed by atoms with Gasteiger partial charge in [-0.3, -0.25) is 9.20 Å². The summed E-state index contributed by atoms with van der Waals surface area (Å²) in [5, 5.41) is 12.9. The van der Waals surface area contributed by atoms with Crippen LogP contribution in [0, 0.1) is 5.92 Å². The van der Waals surface area contributed by atoms with Gasteiger partial charge in [0, 0.05) is 18.8 Å². The van der Waals surface area contributed by atoms with Crippen molar-refractivity contribution in [2.24, 2.45) is 5.92 Å². The van der Waals surface area contributed by atoms with Gasteiger partial charge in [-0.1, -0.05) is 37.9 Å². The minimum atomic E-state index is -0.540. The predicted octanol–water partition coefficient (Wildman–Crippen LogP) is 2.52. The topological polar surface area (TPSA) is 66.6 Å². The number of aliphatic hydroxyl groups excluding tert-OH is 1. The van der Waals surface area contributed by atoms with Gasteiger partial charge in [0.15, 0.2) is 5.15 Å². The molecule has 118 valence electrons. The van der Waals surface area contributed by atoms with Gasteiger partial charge in [0.1, 0.15) is 5.65 Å². The average Bonchev–Trinajstić information content (AvgIpc) is 2.85. The van der Waals surface area contributed by atoms with Crippen LogP contribution in [0.3, 0.4) is 0 Å². The minimum absolute atomic E-state index is 0.150. The first-order valence-electron chi connectivity index (χ1n) is 7.29. The van der Waals surface area contributed by atoms with Crippen LogP contribution in [0.1, 0.15) is 26.0 Å². The molecule has 2 rings (SSSR count). The van der Waals surface area contributed by atoms with Crippen molar-refractivity contribution >= 4 is 29.2 Å². The molecule has 0 spiro atoms. The fraction of sp³-hybridized carbons (Fsp3) is 0.375. The first kappa shape index (κ1) is 16.5. The highest BCUT2D eigenvalue weighted by Crippen LogP contribution is 2.18. The molecular weight excluding hydrogens is 302 g/mol. The van der Waals surface area contributed by atoms with Gasteiger partial charge in [-0.15, -0.1) is 0 Å². The maximum atomic E-state index is 11.8. The molecule has 0 aliphatic heterocycles. The largest absolute Gasteiger partial charge is 0.391 e. The second-order valence-electron chi connectivity index (χ2n) is 5.25. The number of carbonyl (C=O) groups excluding carboxylic acids is 1. The zero-order valence-corrected chi connectivity index (χ0v) is 13.4. The third-order valence-electron chi connectivity index (χ3n) is 3.70. The van der Waals surface area contributed by atoms with Gasteiger partial charge in [-0.25, -0.2) is 4.98 Å². The number of aromatic nitrogens is 2. The van der Waals surface area contributed by atoms with E-state index < -0.39 is 6.10 Å². The highest BCUT2D eigenvalue weighted by molar-refractivity contribution is 6.31. The number of amides is 1. The van der Waals surface area contributed by atoms with Crippen molar-refractivity contribution in [3.63, 3.8) is 0 Å². The van der Waals surface area contributed by atoms with Gasteiger partial charge in [0.25, 0.3) is 0 Å². The second-order valence-corrected chi connectivity index (χ2v) is 5.61. The quantitative estimate of drug-likeness (QED) is 0.803. The van der Waals surface area contributed by atoms with Gasteiger partial charge in [0.2, 0.25) is 5.91 Å². The Labute approximate surface area is 134 Å². The number of nitrogens with zero attached hydrogens (tertiary/aromatic N) is 2. The van der Waals surface area contributed by atoms with Crippen molar-refractivity contribution in [2.45, 2.75) is 26.4 Å². The van der Waals surface area contributed by atoms with Crippen molar-refractivity contribution in [3.05, 3.63) is 41.3 Å². The highest BCUT2D eigenvalue weighted by Gasteiger charge is 2.12. The molecule has 2 atom stereocenters. The standard InChI is InChI=1S/C16H20ClN3O2/c1-3-11(2)13(21)10-18-15(22)8-7-12-16(17)19-14-6-4-5-9-20(12)14/h4-9,11,13,21H,3,10H2,1-2H3,(H,18,22)/b8-7+. The van der Waals surface area contributed by atoms with Crippen LogP contribution < -0.4 is 5.32 Å².